The fourth-order valence-electron chi connectivity index (χ4n) is 1.65. The average molecular weight is 279 g/mol. The highest BCUT2D eigenvalue weighted by Gasteiger charge is 2.08. The Morgan fingerprint density at radius 2 is 2.11 bits per heavy atom. The van der Waals surface area contributed by atoms with Gasteiger partial charge in [-0.1, -0.05) is 6.07 Å². The zero-order valence-electron chi connectivity index (χ0n) is 11.0. The van der Waals surface area contributed by atoms with Gasteiger partial charge in [0.05, 0.1) is 13.2 Å². The summed E-state index contributed by atoms with van der Waals surface area (Å²) in [6, 6.07) is 5.44. The van der Waals surface area contributed by atoms with E-state index in [1.54, 1.807) is 17.4 Å². The first kappa shape index (κ1) is 13.8. The second-order valence-corrected chi connectivity index (χ2v) is 4.99. The second-order valence-electron chi connectivity index (χ2n) is 4.04. The third kappa shape index (κ3) is 3.68. The molecule has 0 aliphatic rings. The van der Waals surface area contributed by atoms with Crippen LogP contribution in [-0.2, 0) is 13.2 Å². The first-order chi connectivity index (χ1) is 9.22. The molecule has 2 aromatic rings. The normalized spacial score (nSPS) is 10.5. The number of nitrogens with zero attached hydrogens (tertiary/aromatic N) is 1. The van der Waals surface area contributed by atoms with Crippen LogP contribution in [0.15, 0.2) is 23.6 Å². The van der Waals surface area contributed by atoms with Crippen LogP contribution in [0, 0.1) is 6.92 Å². The molecule has 102 valence electrons. The fraction of sp³-hybridized carbons (Fsp3) is 0.357. The summed E-state index contributed by atoms with van der Waals surface area (Å²) in [6.07, 6.45) is 0. The minimum atomic E-state index is -0.00791. The SMILES string of the molecule is CCOc1cc(CO)ccc1OCc1nc(C)cs1. The van der Waals surface area contributed by atoms with Crippen LogP contribution >= 0.6 is 11.3 Å². The maximum atomic E-state index is 9.13. The van der Waals surface area contributed by atoms with Crippen LogP contribution in [0.5, 0.6) is 11.5 Å². The lowest BCUT2D eigenvalue weighted by molar-refractivity contribution is 0.263. The average Bonchev–Trinajstić information content (AvgIpc) is 2.83. The van der Waals surface area contributed by atoms with Crippen molar-refractivity contribution in [1.29, 1.82) is 0 Å². The van der Waals surface area contributed by atoms with Crippen LogP contribution in [0.1, 0.15) is 23.2 Å². The Kier molecular flexibility index (Phi) is 4.76. The quantitative estimate of drug-likeness (QED) is 0.883. The van der Waals surface area contributed by atoms with Gasteiger partial charge in [-0.3, -0.25) is 0 Å². The molecule has 4 nitrogen and oxygen atoms in total. The molecule has 0 aliphatic heterocycles. The molecule has 0 fully saturated rings. The van der Waals surface area contributed by atoms with E-state index in [4.69, 9.17) is 14.6 Å². The van der Waals surface area contributed by atoms with Crippen LogP contribution < -0.4 is 9.47 Å². The molecule has 1 aromatic heterocycles. The van der Waals surface area contributed by atoms with Crippen molar-refractivity contribution in [3.05, 3.63) is 39.8 Å². The van der Waals surface area contributed by atoms with Crippen LogP contribution in [0.4, 0.5) is 0 Å². The number of aryl methyl sites for hydroxylation is 1. The molecule has 0 saturated heterocycles. The maximum Gasteiger partial charge on any atom is 0.161 e. The second kappa shape index (κ2) is 6.54. The Hall–Kier alpha value is -1.59. The largest absolute Gasteiger partial charge is 0.490 e. The van der Waals surface area contributed by atoms with Gasteiger partial charge in [-0.2, -0.15) is 0 Å². The highest BCUT2D eigenvalue weighted by Crippen LogP contribution is 2.29. The number of hydrogen-bond acceptors (Lipinski definition) is 5. The van der Waals surface area contributed by atoms with E-state index in [9.17, 15) is 0 Å². The summed E-state index contributed by atoms with van der Waals surface area (Å²) in [7, 11) is 0. The van der Waals surface area contributed by atoms with Crippen LogP contribution in [0.2, 0.25) is 0 Å². The molecule has 1 N–H and O–H groups in total. The number of ether oxygens (including phenoxy) is 2. The van der Waals surface area contributed by atoms with E-state index in [2.05, 4.69) is 4.98 Å². The molecule has 0 amide bonds. The lowest BCUT2D eigenvalue weighted by Gasteiger charge is -2.12. The van der Waals surface area contributed by atoms with Gasteiger partial charge in [-0.05, 0) is 31.5 Å². The predicted molar refractivity (Wildman–Crippen MR) is 74.7 cm³/mol. The van der Waals surface area contributed by atoms with Gasteiger partial charge in [-0.15, -0.1) is 11.3 Å². The van der Waals surface area contributed by atoms with Crippen LogP contribution in [0.25, 0.3) is 0 Å². The van der Waals surface area contributed by atoms with Crippen LogP contribution in [-0.4, -0.2) is 16.7 Å². The monoisotopic (exact) mass is 279 g/mol. The van der Waals surface area contributed by atoms with Crippen molar-refractivity contribution < 1.29 is 14.6 Å². The zero-order chi connectivity index (χ0) is 13.7. The molecule has 1 aromatic carbocycles. The molecule has 0 unspecified atom stereocenters. The molecule has 0 aliphatic carbocycles. The summed E-state index contributed by atoms with van der Waals surface area (Å²) in [6.45, 7) is 4.85. The number of benzene rings is 1. The Balaban J connectivity index is 2.10. The summed E-state index contributed by atoms with van der Waals surface area (Å²) in [5.41, 5.74) is 1.81. The van der Waals surface area contributed by atoms with Crippen molar-refractivity contribution in [3.8, 4) is 11.5 Å². The van der Waals surface area contributed by atoms with E-state index in [-0.39, 0.29) is 6.61 Å². The van der Waals surface area contributed by atoms with E-state index in [0.717, 1.165) is 16.3 Å². The maximum absolute atomic E-state index is 9.13. The number of thiazole rings is 1. The zero-order valence-corrected chi connectivity index (χ0v) is 11.9. The van der Waals surface area contributed by atoms with Gasteiger partial charge in [0.15, 0.2) is 11.5 Å². The number of aromatic nitrogens is 1. The molecule has 1 heterocycles. The van der Waals surface area contributed by atoms with E-state index < -0.39 is 0 Å². The van der Waals surface area contributed by atoms with Crippen molar-refractivity contribution in [1.82, 2.24) is 4.98 Å². The molecule has 5 heteroatoms. The smallest absolute Gasteiger partial charge is 0.161 e. The highest BCUT2D eigenvalue weighted by molar-refractivity contribution is 7.09. The van der Waals surface area contributed by atoms with E-state index in [1.165, 1.54) is 0 Å². The third-order valence-electron chi connectivity index (χ3n) is 2.51. The Labute approximate surface area is 116 Å². The predicted octanol–water partition coefficient (Wildman–Crippen LogP) is 2.92. The molecule has 0 bridgehead atoms. The topological polar surface area (TPSA) is 51.6 Å². The van der Waals surface area contributed by atoms with Gasteiger partial charge in [0, 0.05) is 11.1 Å². The van der Waals surface area contributed by atoms with Gasteiger partial charge in [0.25, 0.3) is 0 Å². The number of hydrogen-bond donors (Lipinski definition) is 1. The summed E-state index contributed by atoms with van der Waals surface area (Å²) >= 11 is 1.58. The Morgan fingerprint density at radius 3 is 2.74 bits per heavy atom. The number of aliphatic hydroxyl groups excluding tert-OH is 1. The van der Waals surface area contributed by atoms with Gasteiger partial charge in [-0.25, -0.2) is 4.98 Å². The first-order valence-electron chi connectivity index (χ1n) is 6.13. The van der Waals surface area contributed by atoms with Gasteiger partial charge < -0.3 is 14.6 Å². The van der Waals surface area contributed by atoms with Gasteiger partial charge in [0.2, 0.25) is 0 Å². The summed E-state index contributed by atoms with van der Waals surface area (Å²) in [5, 5.41) is 12.1. The minimum Gasteiger partial charge on any atom is -0.490 e. The molecular weight excluding hydrogens is 262 g/mol. The molecule has 0 spiro atoms. The van der Waals surface area contributed by atoms with E-state index >= 15 is 0 Å². The van der Waals surface area contributed by atoms with Gasteiger partial charge >= 0.3 is 0 Å². The Bertz CT molecular complexity index is 539. The summed E-state index contributed by atoms with van der Waals surface area (Å²) < 4.78 is 11.2. The minimum absolute atomic E-state index is 0.00791. The lowest BCUT2D eigenvalue weighted by Crippen LogP contribution is -2.00. The summed E-state index contributed by atoms with van der Waals surface area (Å²) in [5.74, 6) is 1.33. The standard InChI is InChI=1S/C14H17NO3S/c1-3-17-13-6-11(7-16)4-5-12(13)18-8-14-15-10(2)9-19-14/h4-6,9,16H,3,7-8H2,1-2H3. The van der Waals surface area contributed by atoms with Crippen molar-refractivity contribution >= 4 is 11.3 Å². The van der Waals surface area contributed by atoms with Crippen molar-refractivity contribution in [3.63, 3.8) is 0 Å². The van der Waals surface area contributed by atoms with Crippen molar-refractivity contribution in [2.24, 2.45) is 0 Å². The highest BCUT2D eigenvalue weighted by atomic mass is 32.1. The van der Waals surface area contributed by atoms with Crippen LogP contribution in [0.3, 0.4) is 0 Å². The summed E-state index contributed by atoms with van der Waals surface area (Å²) in [4.78, 5) is 4.35. The van der Waals surface area contributed by atoms with Gasteiger partial charge in [0.1, 0.15) is 11.6 Å². The third-order valence-corrected chi connectivity index (χ3v) is 3.45. The van der Waals surface area contributed by atoms with Crippen molar-refractivity contribution in [2.45, 2.75) is 27.1 Å². The molecule has 2 rings (SSSR count). The molecular formula is C14H17NO3S. The molecule has 19 heavy (non-hydrogen) atoms. The van der Waals surface area contributed by atoms with E-state index in [0.29, 0.717) is 24.7 Å². The number of aliphatic hydroxyl groups is 1. The first-order valence-corrected chi connectivity index (χ1v) is 7.01. The molecule has 0 saturated carbocycles. The number of rotatable bonds is 6. The fourth-order valence-corrected chi connectivity index (χ4v) is 2.33. The lowest BCUT2D eigenvalue weighted by atomic mass is 10.2. The molecule has 0 radical (unpaired) electrons. The molecule has 0 atom stereocenters. The van der Waals surface area contributed by atoms with Crippen molar-refractivity contribution in [2.75, 3.05) is 6.61 Å². The van der Waals surface area contributed by atoms with E-state index in [1.807, 2.05) is 31.4 Å². The Morgan fingerprint density at radius 1 is 1.26 bits per heavy atom.